The molecule has 0 fully saturated rings. The maximum absolute atomic E-state index is 12.8. The van der Waals surface area contributed by atoms with Crippen molar-refractivity contribution in [1.82, 2.24) is 9.78 Å². The molecular formula is C10H12ClF3N2O2. The summed E-state index contributed by atoms with van der Waals surface area (Å²) < 4.78 is 39.2. The maximum Gasteiger partial charge on any atom is 0.435 e. The lowest BCUT2D eigenvalue weighted by Crippen LogP contribution is -2.21. The Bertz CT molecular complexity index is 468. The van der Waals surface area contributed by atoms with Gasteiger partial charge in [0.15, 0.2) is 5.69 Å². The van der Waals surface area contributed by atoms with Crippen LogP contribution in [0, 0.1) is 5.92 Å². The molecule has 1 rings (SSSR count). The predicted octanol–water partition coefficient (Wildman–Crippen LogP) is 2.92. The molecule has 0 saturated heterocycles. The number of aromatic nitrogens is 2. The van der Waals surface area contributed by atoms with E-state index in [9.17, 15) is 18.0 Å². The van der Waals surface area contributed by atoms with Gasteiger partial charge in [-0.3, -0.25) is 9.48 Å². The summed E-state index contributed by atoms with van der Waals surface area (Å²) in [5, 5.41) is 12.0. The summed E-state index contributed by atoms with van der Waals surface area (Å²) in [6.45, 7) is 3.03. The minimum Gasteiger partial charge on any atom is -0.481 e. The first-order valence-electron chi connectivity index (χ1n) is 5.09. The highest BCUT2D eigenvalue weighted by Gasteiger charge is 2.43. The highest BCUT2D eigenvalue weighted by molar-refractivity contribution is 6.30. The van der Waals surface area contributed by atoms with E-state index in [-0.39, 0.29) is 5.15 Å². The van der Waals surface area contributed by atoms with Crippen LogP contribution in [0.25, 0.3) is 0 Å². The van der Waals surface area contributed by atoms with Crippen LogP contribution >= 0.6 is 11.6 Å². The number of carboxylic acids is 1. The highest BCUT2D eigenvalue weighted by atomic mass is 35.5. The quantitative estimate of drug-likeness (QED) is 0.928. The SMILES string of the molecule is CC(C)C(C(=O)O)c1c(C(F)(F)F)nn(C)c1Cl. The van der Waals surface area contributed by atoms with E-state index in [0.29, 0.717) is 0 Å². The van der Waals surface area contributed by atoms with Gasteiger partial charge in [-0.15, -0.1) is 0 Å². The fourth-order valence-corrected chi connectivity index (χ4v) is 1.99. The molecule has 0 amide bonds. The molecule has 0 bridgehead atoms. The van der Waals surface area contributed by atoms with Gasteiger partial charge in [0.1, 0.15) is 5.15 Å². The molecule has 8 heteroatoms. The molecule has 0 spiro atoms. The largest absolute Gasteiger partial charge is 0.481 e. The van der Waals surface area contributed by atoms with E-state index in [1.165, 1.54) is 20.9 Å². The molecule has 0 aliphatic rings. The molecule has 0 aliphatic heterocycles. The summed E-state index contributed by atoms with van der Waals surface area (Å²) in [4.78, 5) is 11.1. The number of carbonyl (C=O) groups is 1. The van der Waals surface area contributed by atoms with E-state index in [0.717, 1.165) is 4.68 Å². The molecule has 1 aromatic heterocycles. The van der Waals surface area contributed by atoms with Gasteiger partial charge in [-0.05, 0) is 5.92 Å². The van der Waals surface area contributed by atoms with Crippen molar-refractivity contribution in [3.63, 3.8) is 0 Å². The summed E-state index contributed by atoms with van der Waals surface area (Å²) in [5.74, 6) is -3.24. The van der Waals surface area contributed by atoms with Gasteiger partial charge in [-0.1, -0.05) is 25.4 Å². The van der Waals surface area contributed by atoms with E-state index >= 15 is 0 Å². The zero-order chi connectivity index (χ0) is 14.2. The minimum absolute atomic E-state index is 0.302. The number of rotatable bonds is 3. The van der Waals surface area contributed by atoms with Crippen LogP contribution in [-0.4, -0.2) is 20.9 Å². The molecule has 0 aliphatic carbocycles. The first kappa shape index (κ1) is 14.8. The monoisotopic (exact) mass is 284 g/mol. The molecular weight excluding hydrogens is 273 g/mol. The van der Waals surface area contributed by atoms with Crippen LogP contribution in [0.1, 0.15) is 31.0 Å². The van der Waals surface area contributed by atoms with Crippen LogP contribution in [-0.2, 0) is 18.0 Å². The van der Waals surface area contributed by atoms with E-state index in [1.807, 2.05) is 0 Å². The number of hydrogen-bond donors (Lipinski definition) is 1. The van der Waals surface area contributed by atoms with Crippen molar-refractivity contribution in [3.8, 4) is 0 Å². The number of aliphatic carboxylic acids is 1. The third kappa shape index (κ3) is 2.60. The van der Waals surface area contributed by atoms with Gasteiger partial charge in [0.2, 0.25) is 0 Å². The number of aryl methyl sites for hydroxylation is 1. The van der Waals surface area contributed by atoms with Crippen molar-refractivity contribution in [2.75, 3.05) is 0 Å². The van der Waals surface area contributed by atoms with Crippen LogP contribution in [0.15, 0.2) is 0 Å². The van der Waals surface area contributed by atoms with Gasteiger partial charge in [0.25, 0.3) is 0 Å². The molecule has 102 valence electrons. The molecule has 1 heterocycles. The standard InChI is InChI=1S/C10H12ClF3N2O2/c1-4(2)5(9(17)18)6-7(10(12,13)14)15-16(3)8(6)11/h4-5H,1-3H3,(H,17,18). The Morgan fingerprint density at radius 3 is 2.28 bits per heavy atom. The Hall–Kier alpha value is -1.24. The van der Waals surface area contributed by atoms with Crippen LogP contribution in [0.2, 0.25) is 5.15 Å². The Balaban J connectivity index is 3.51. The molecule has 0 aromatic carbocycles. The molecule has 4 nitrogen and oxygen atoms in total. The summed E-state index contributed by atoms with van der Waals surface area (Å²) >= 11 is 5.74. The Morgan fingerprint density at radius 2 is 1.94 bits per heavy atom. The van der Waals surface area contributed by atoms with E-state index in [2.05, 4.69) is 5.10 Å². The van der Waals surface area contributed by atoms with Crippen LogP contribution in [0.4, 0.5) is 13.2 Å². The maximum atomic E-state index is 12.8. The smallest absolute Gasteiger partial charge is 0.435 e. The van der Waals surface area contributed by atoms with E-state index in [1.54, 1.807) is 0 Å². The Morgan fingerprint density at radius 1 is 1.44 bits per heavy atom. The second-order valence-electron chi connectivity index (χ2n) is 4.23. The van der Waals surface area contributed by atoms with Crippen molar-refractivity contribution >= 4 is 17.6 Å². The van der Waals surface area contributed by atoms with E-state index in [4.69, 9.17) is 16.7 Å². The minimum atomic E-state index is -4.73. The number of alkyl halides is 3. The number of nitrogens with zero attached hydrogens (tertiary/aromatic N) is 2. The van der Waals surface area contributed by atoms with Crippen LogP contribution in [0.5, 0.6) is 0 Å². The lowest BCUT2D eigenvalue weighted by Gasteiger charge is -2.17. The van der Waals surface area contributed by atoms with Crippen LogP contribution in [0.3, 0.4) is 0 Å². The summed E-state index contributed by atoms with van der Waals surface area (Å²) in [7, 11) is 1.24. The summed E-state index contributed by atoms with van der Waals surface area (Å²) in [5.41, 5.74) is -1.72. The number of carboxylic acid groups (broad SMARTS) is 1. The molecule has 18 heavy (non-hydrogen) atoms. The van der Waals surface area contributed by atoms with Crippen molar-refractivity contribution in [2.45, 2.75) is 25.9 Å². The topological polar surface area (TPSA) is 55.1 Å². The third-order valence-electron chi connectivity index (χ3n) is 2.52. The molecule has 1 N–H and O–H groups in total. The summed E-state index contributed by atoms with van der Waals surface area (Å²) in [6, 6.07) is 0. The molecule has 0 saturated carbocycles. The van der Waals surface area contributed by atoms with Crippen LogP contribution < -0.4 is 0 Å². The average Bonchev–Trinajstić information content (AvgIpc) is 2.44. The molecule has 1 aromatic rings. The predicted molar refractivity (Wildman–Crippen MR) is 58.4 cm³/mol. The van der Waals surface area contributed by atoms with Gasteiger partial charge in [-0.2, -0.15) is 18.3 Å². The Kier molecular flexibility index (Phi) is 3.95. The van der Waals surface area contributed by atoms with Crippen molar-refractivity contribution in [3.05, 3.63) is 16.4 Å². The first-order chi connectivity index (χ1) is 8.07. The zero-order valence-electron chi connectivity index (χ0n) is 9.92. The van der Waals surface area contributed by atoms with Gasteiger partial charge in [0.05, 0.1) is 5.92 Å². The third-order valence-corrected chi connectivity index (χ3v) is 2.97. The lowest BCUT2D eigenvalue weighted by atomic mass is 9.88. The molecule has 1 atom stereocenters. The highest BCUT2D eigenvalue weighted by Crippen LogP contribution is 2.40. The average molecular weight is 285 g/mol. The fraction of sp³-hybridized carbons (Fsp3) is 0.600. The van der Waals surface area contributed by atoms with Gasteiger partial charge >= 0.3 is 12.1 Å². The van der Waals surface area contributed by atoms with Gasteiger partial charge < -0.3 is 5.11 Å². The number of halogens is 4. The molecule has 1 unspecified atom stereocenters. The first-order valence-corrected chi connectivity index (χ1v) is 5.47. The van der Waals surface area contributed by atoms with Gasteiger partial charge in [0, 0.05) is 12.6 Å². The Labute approximate surface area is 106 Å². The second kappa shape index (κ2) is 4.79. The normalized spacial score (nSPS) is 14.0. The fourth-order valence-electron chi connectivity index (χ4n) is 1.75. The zero-order valence-corrected chi connectivity index (χ0v) is 10.7. The van der Waals surface area contributed by atoms with Crippen molar-refractivity contribution in [2.24, 2.45) is 13.0 Å². The molecule has 0 radical (unpaired) electrons. The lowest BCUT2D eigenvalue weighted by molar-refractivity contribution is -0.144. The van der Waals surface area contributed by atoms with Gasteiger partial charge in [-0.25, -0.2) is 0 Å². The van der Waals surface area contributed by atoms with Crippen molar-refractivity contribution < 1.29 is 23.1 Å². The van der Waals surface area contributed by atoms with E-state index < -0.39 is 35.2 Å². The van der Waals surface area contributed by atoms with Crippen molar-refractivity contribution in [1.29, 1.82) is 0 Å². The number of hydrogen-bond acceptors (Lipinski definition) is 2. The summed E-state index contributed by atoms with van der Waals surface area (Å²) in [6.07, 6.45) is -4.73. The second-order valence-corrected chi connectivity index (χ2v) is 4.59.